The lowest BCUT2D eigenvalue weighted by Crippen LogP contribution is -2.44. The van der Waals surface area contributed by atoms with E-state index < -0.39 is 16.0 Å². The van der Waals surface area contributed by atoms with Crippen molar-refractivity contribution >= 4 is 31.9 Å². The minimum Gasteiger partial charge on any atom is -0.462 e. The molecule has 2 rings (SSSR count). The highest BCUT2D eigenvalue weighted by atomic mass is 79.9. The number of esters is 1. The second-order valence-electron chi connectivity index (χ2n) is 6.62. The van der Waals surface area contributed by atoms with Crippen LogP contribution < -0.4 is 4.72 Å². The van der Waals surface area contributed by atoms with E-state index in [2.05, 4.69) is 37.5 Å². The summed E-state index contributed by atoms with van der Waals surface area (Å²) in [5.41, 5.74) is 0.315. The van der Waals surface area contributed by atoms with Gasteiger partial charge in [-0.15, -0.1) is 0 Å². The van der Waals surface area contributed by atoms with E-state index in [9.17, 15) is 13.2 Å². The van der Waals surface area contributed by atoms with Gasteiger partial charge in [-0.05, 0) is 67.5 Å². The van der Waals surface area contributed by atoms with Gasteiger partial charge >= 0.3 is 5.97 Å². The Balaban J connectivity index is 1.81. The molecule has 152 valence electrons. The van der Waals surface area contributed by atoms with E-state index in [1.54, 1.807) is 6.92 Å². The Labute approximate surface area is 170 Å². The Morgan fingerprint density at radius 1 is 1.22 bits per heavy atom. The molecule has 1 aromatic rings. The van der Waals surface area contributed by atoms with Gasteiger partial charge in [-0.25, -0.2) is 17.9 Å². The molecule has 1 fully saturated rings. The zero-order valence-electron chi connectivity index (χ0n) is 15.9. The van der Waals surface area contributed by atoms with E-state index >= 15 is 0 Å². The third-order valence-corrected chi connectivity index (χ3v) is 6.96. The maximum atomic E-state index is 12.5. The van der Waals surface area contributed by atoms with Crippen molar-refractivity contribution in [3.63, 3.8) is 0 Å². The van der Waals surface area contributed by atoms with Crippen LogP contribution in [0.5, 0.6) is 0 Å². The van der Waals surface area contributed by atoms with Gasteiger partial charge in [0.1, 0.15) is 0 Å². The lowest BCUT2D eigenvalue weighted by molar-refractivity contribution is 0.0526. The van der Waals surface area contributed by atoms with Gasteiger partial charge in [-0.1, -0.05) is 0 Å². The zero-order chi connectivity index (χ0) is 19.9. The molecule has 0 bridgehead atoms. The molecule has 0 aromatic heterocycles. The summed E-state index contributed by atoms with van der Waals surface area (Å²) in [5, 5.41) is 0. The molecule has 0 saturated carbocycles. The largest absolute Gasteiger partial charge is 0.462 e. The minimum absolute atomic E-state index is 0.120. The Morgan fingerprint density at radius 3 is 2.56 bits per heavy atom. The lowest BCUT2D eigenvalue weighted by atomic mass is 10.2. The maximum absolute atomic E-state index is 12.5. The third-order valence-electron chi connectivity index (χ3n) is 4.52. The van der Waals surface area contributed by atoms with Gasteiger partial charge in [0.2, 0.25) is 10.0 Å². The van der Waals surface area contributed by atoms with Gasteiger partial charge in [0.05, 0.1) is 17.1 Å². The number of rotatable bonds is 9. The first-order chi connectivity index (χ1) is 12.8. The second-order valence-corrected chi connectivity index (χ2v) is 9.21. The van der Waals surface area contributed by atoms with Gasteiger partial charge in [-0.3, -0.25) is 0 Å². The van der Waals surface area contributed by atoms with Crippen molar-refractivity contribution in [3.05, 3.63) is 28.2 Å². The van der Waals surface area contributed by atoms with E-state index in [4.69, 9.17) is 4.74 Å². The number of benzene rings is 1. The van der Waals surface area contributed by atoms with Crippen molar-refractivity contribution < 1.29 is 17.9 Å². The summed E-state index contributed by atoms with van der Waals surface area (Å²) in [6, 6.07) is 4.35. The molecular weight excluding hydrogens is 434 g/mol. The molecule has 1 aliphatic heterocycles. The molecule has 0 amide bonds. The molecule has 9 heteroatoms. The zero-order valence-corrected chi connectivity index (χ0v) is 18.3. The summed E-state index contributed by atoms with van der Waals surface area (Å²) >= 11 is 3.24. The monoisotopic (exact) mass is 461 g/mol. The normalized spacial score (nSPS) is 16.4. The first-order valence-electron chi connectivity index (χ1n) is 9.20. The van der Waals surface area contributed by atoms with Gasteiger partial charge in [0, 0.05) is 37.2 Å². The molecule has 1 N–H and O–H groups in total. The van der Waals surface area contributed by atoms with Crippen LogP contribution in [0.4, 0.5) is 0 Å². The predicted octanol–water partition coefficient (Wildman–Crippen LogP) is 1.93. The Bertz CT molecular complexity index is 734. The number of sulfonamides is 1. The Kier molecular flexibility index (Phi) is 8.68. The highest BCUT2D eigenvalue weighted by Crippen LogP contribution is 2.23. The SMILES string of the molecule is CCOC(=O)c1ccc(S(=O)(=O)NCCCCN2CCN(C)CC2)c(Br)c1. The average molecular weight is 462 g/mol. The number of unbranched alkanes of at least 4 members (excludes halogenated alkanes) is 1. The molecule has 27 heavy (non-hydrogen) atoms. The van der Waals surface area contributed by atoms with Crippen molar-refractivity contribution in [3.8, 4) is 0 Å². The van der Waals surface area contributed by atoms with Crippen LogP contribution in [0.2, 0.25) is 0 Å². The van der Waals surface area contributed by atoms with Gasteiger partial charge in [0.15, 0.2) is 0 Å². The number of nitrogens with zero attached hydrogens (tertiary/aromatic N) is 2. The van der Waals surface area contributed by atoms with Crippen molar-refractivity contribution in [1.82, 2.24) is 14.5 Å². The highest BCUT2D eigenvalue weighted by molar-refractivity contribution is 9.10. The molecule has 7 nitrogen and oxygen atoms in total. The fourth-order valence-electron chi connectivity index (χ4n) is 2.88. The quantitative estimate of drug-likeness (QED) is 0.447. The molecule has 0 aliphatic carbocycles. The van der Waals surface area contributed by atoms with Crippen LogP contribution in [-0.2, 0) is 14.8 Å². The number of carbonyl (C=O) groups excluding carboxylic acids is 1. The van der Waals surface area contributed by atoms with Crippen molar-refractivity contribution in [1.29, 1.82) is 0 Å². The van der Waals surface area contributed by atoms with Crippen LogP contribution in [0.15, 0.2) is 27.6 Å². The number of halogens is 1. The van der Waals surface area contributed by atoms with Crippen LogP contribution in [0, 0.1) is 0 Å². The van der Waals surface area contributed by atoms with Crippen LogP contribution in [0.3, 0.4) is 0 Å². The van der Waals surface area contributed by atoms with Crippen LogP contribution in [0.1, 0.15) is 30.1 Å². The maximum Gasteiger partial charge on any atom is 0.338 e. The highest BCUT2D eigenvalue weighted by Gasteiger charge is 2.19. The third kappa shape index (κ3) is 6.83. The first-order valence-corrected chi connectivity index (χ1v) is 11.5. The number of carbonyl (C=O) groups is 1. The summed E-state index contributed by atoms with van der Waals surface area (Å²) in [6.45, 7) is 7.69. The number of nitrogens with one attached hydrogen (secondary N) is 1. The lowest BCUT2D eigenvalue weighted by Gasteiger charge is -2.32. The standard InChI is InChI=1S/C18H28BrN3O4S/c1-3-26-18(23)15-6-7-17(16(19)14-15)27(24,25)20-8-4-5-9-22-12-10-21(2)11-13-22/h6-7,14,20H,3-5,8-13H2,1-2H3. The minimum atomic E-state index is -3.63. The smallest absolute Gasteiger partial charge is 0.338 e. The predicted molar refractivity (Wildman–Crippen MR) is 108 cm³/mol. The van der Waals surface area contributed by atoms with E-state index in [0.717, 1.165) is 45.6 Å². The van der Waals surface area contributed by atoms with Gasteiger partial charge < -0.3 is 14.5 Å². The van der Waals surface area contributed by atoms with E-state index in [1.807, 2.05) is 0 Å². The van der Waals surface area contributed by atoms with Crippen molar-refractivity contribution in [2.45, 2.75) is 24.7 Å². The van der Waals surface area contributed by atoms with E-state index in [-0.39, 0.29) is 11.5 Å². The summed E-state index contributed by atoms with van der Waals surface area (Å²) < 4.78 is 32.9. The number of ether oxygens (including phenoxy) is 1. The van der Waals surface area contributed by atoms with E-state index in [1.165, 1.54) is 18.2 Å². The van der Waals surface area contributed by atoms with Gasteiger partial charge in [-0.2, -0.15) is 0 Å². The summed E-state index contributed by atoms with van der Waals surface area (Å²) in [6.07, 6.45) is 1.74. The molecular formula is C18H28BrN3O4S. The van der Waals surface area contributed by atoms with Crippen molar-refractivity contribution in [2.24, 2.45) is 0 Å². The molecule has 1 saturated heterocycles. The number of likely N-dealkylation sites (N-methyl/N-ethyl adjacent to an activating group) is 1. The average Bonchev–Trinajstić information content (AvgIpc) is 2.62. The number of hydrogen-bond acceptors (Lipinski definition) is 6. The summed E-state index contributed by atoms with van der Waals surface area (Å²) in [7, 11) is -1.50. The van der Waals surface area contributed by atoms with Gasteiger partial charge in [0.25, 0.3) is 0 Å². The Hall–Kier alpha value is -1.00. The molecule has 0 atom stereocenters. The topological polar surface area (TPSA) is 78.9 Å². The molecule has 1 heterocycles. The van der Waals surface area contributed by atoms with Crippen LogP contribution in [0.25, 0.3) is 0 Å². The molecule has 1 aromatic carbocycles. The first kappa shape index (κ1) is 22.3. The number of piperazine rings is 1. The molecule has 0 radical (unpaired) electrons. The number of hydrogen-bond donors (Lipinski definition) is 1. The Morgan fingerprint density at radius 2 is 1.93 bits per heavy atom. The molecule has 0 unspecified atom stereocenters. The fraction of sp³-hybridized carbons (Fsp3) is 0.611. The van der Waals surface area contributed by atoms with Crippen LogP contribution in [-0.4, -0.2) is 77.1 Å². The van der Waals surface area contributed by atoms with Crippen molar-refractivity contribution in [2.75, 3.05) is 52.9 Å². The molecule has 1 aliphatic rings. The molecule has 0 spiro atoms. The summed E-state index contributed by atoms with van der Waals surface area (Å²) in [5.74, 6) is -0.473. The second kappa shape index (κ2) is 10.5. The fourth-order valence-corrected chi connectivity index (χ4v) is 5.03. The van der Waals surface area contributed by atoms with Crippen LogP contribution >= 0.6 is 15.9 Å². The van der Waals surface area contributed by atoms with E-state index in [0.29, 0.717) is 16.6 Å². The summed E-state index contributed by atoms with van der Waals surface area (Å²) in [4.78, 5) is 16.6.